The summed E-state index contributed by atoms with van der Waals surface area (Å²) in [7, 11) is 0. The first kappa shape index (κ1) is 13.1. The van der Waals surface area contributed by atoms with Crippen molar-refractivity contribution in [3.63, 3.8) is 0 Å². The van der Waals surface area contributed by atoms with E-state index in [1.54, 1.807) is 18.3 Å². The molecule has 0 amide bonds. The fraction of sp³-hybridized carbons (Fsp3) is 0.200. The van der Waals surface area contributed by atoms with Gasteiger partial charge in [0.05, 0.1) is 5.52 Å². The maximum atomic E-state index is 13.1. The number of hydrogen-bond donors (Lipinski definition) is 0. The lowest BCUT2D eigenvalue weighted by atomic mass is 10.2. The molecule has 0 aliphatic rings. The van der Waals surface area contributed by atoms with Crippen LogP contribution in [0.15, 0.2) is 36.5 Å². The second kappa shape index (κ2) is 4.87. The first-order valence-corrected chi connectivity index (χ1v) is 6.74. The van der Waals surface area contributed by atoms with Crippen molar-refractivity contribution in [2.45, 2.75) is 19.9 Å². The number of imidazole rings is 1. The molecule has 0 spiro atoms. The van der Waals surface area contributed by atoms with Crippen LogP contribution >= 0.6 is 11.6 Å². The van der Waals surface area contributed by atoms with Crippen molar-refractivity contribution in [2.24, 2.45) is 0 Å². The number of pyridine rings is 1. The van der Waals surface area contributed by atoms with E-state index < -0.39 is 0 Å². The Balaban J connectivity index is 2.32. The summed E-state index contributed by atoms with van der Waals surface area (Å²) in [6.45, 7) is 4.14. The Morgan fingerprint density at radius 3 is 2.50 bits per heavy atom. The molecule has 0 aliphatic heterocycles. The van der Waals surface area contributed by atoms with E-state index in [0.717, 1.165) is 16.9 Å². The summed E-state index contributed by atoms with van der Waals surface area (Å²) in [5, 5.41) is 0.380. The standard InChI is InChI=1S/C15H13ClFN3/c1-9(2)20-12-7-8-18-14(16)13(12)19-15(20)10-3-5-11(17)6-4-10/h3-9H,1-2H3. The molecule has 1 aromatic carbocycles. The lowest BCUT2D eigenvalue weighted by Crippen LogP contribution is -2.03. The van der Waals surface area contributed by atoms with E-state index in [-0.39, 0.29) is 11.9 Å². The van der Waals surface area contributed by atoms with E-state index in [4.69, 9.17) is 11.6 Å². The average Bonchev–Trinajstić information content (AvgIpc) is 2.80. The van der Waals surface area contributed by atoms with E-state index >= 15 is 0 Å². The molecule has 3 nitrogen and oxygen atoms in total. The first-order chi connectivity index (χ1) is 9.58. The van der Waals surface area contributed by atoms with Crippen LogP contribution in [0.5, 0.6) is 0 Å². The molecule has 0 unspecified atom stereocenters. The minimum absolute atomic E-state index is 0.207. The molecule has 0 radical (unpaired) electrons. The molecule has 0 saturated heterocycles. The van der Waals surface area contributed by atoms with Gasteiger partial charge >= 0.3 is 0 Å². The summed E-state index contributed by atoms with van der Waals surface area (Å²) in [5.74, 6) is 0.505. The monoisotopic (exact) mass is 289 g/mol. The summed E-state index contributed by atoms with van der Waals surface area (Å²) in [5.41, 5.74) is 2.45. The summed E-state index contributed by atoms with van der Waals surface area (Å²) in [6, 6.07) is 8.39. The summed E-state index contributed by atoms with van der Waals surface area (Å²) >= 11 is 6.11. The molecule has 3 aromatic rings. The van der Waals surface area contributed by atoms with Gasteiger partial charge in [-0.2, -0.15) is 0 Å². The molecule has 2 aromatic heterocycles. The minimum atomic E-state index is -0.263. The topological polar surface area (TPSA) is 30.7 Å². The third-order valence-corrected chi connectivity index (χ3v) is 3.46. The fourth-order valence-electron chi connectivity index (χ4n) is 2.32. The Labute approximate surface area is 121 Å². The molecule has 0 aliphatic carbocycles. The predicted molar refractivity (Wildman–Crippen MR) is 78.3 cm³/mol. The van der Waals surface area contributed by atoms with Gasteiger partial charge < -0.3 is 4.57 Å². The van der Waals surface area contributed by atoms with Crippen molar-refractivity contribution in [1.29, 1.82) is 0 Å². The Hall–Kier alpha value is -1.94. The van der Waals surface area contributed by atoms with Crippen LogP contribution in [0, 0.1) is 5.82 Å². The van der Waals surface area contributed by atoms with E-state index in [1.165, 1.54) is 12.1 Å². The molecule has 0 N–H and O–H groups in total. The maximum Gasteiger partial charge on any atom is 0.156 e. The SMILES string of the molecule is CC(C)n1c(-c2ccc(F)cc2)nc2c(Cl)nccc21. The van der Waals surface area contributed by atoms with Gasteiger partial charge in [-0.3, -0.25) is 0 Å². The zero-order valence-electron chi connectivity index (χ0n) is 11.1. The van der Waals surface area contributed by atoms with Gasteiger partial charge in [-0.15, -0.1) is 0 Å². The Bertz CT molecular complexity index is 763. The first-order valence-electron chi connectivity index (χ1n) is 6.36. The van der Waals surface area contributed by atoms with Crippen LogP contribution in [0.4, 0.5) is 4.39 Å². The zero-order chi connectivity index (χ0) is 14.3. The molecular weight excluding hydrogens is 277 g/mol. The van der Waals surface area contributed by atoms with E-state index in [9.17, 15) is 4.39 Å². The van der Waals surface area contributed by atoms with Crippen LogP contribution in [-0.2, 0) is 0 Å². The van der Waals surface area contributed by atoms with Gasteiger partial charge in [-0.1, -0.05) is 11.6 Å². The van der Waals surface area contributed by atoms with Gasteiger partial charge in [0.1, 0.15) is 17.2 Å². The van der Waals surface area contributed by atoms with Crippen LogP contribution in [-0.4, -0.2) is 14.5 Å². The van der Waals surface area contributed by atoms with Crippen molar-refractivity contribution < 1.29 is 4.39 Å². The largest absolute Gasteiger partial charge is 0.321 e. The second-order valence-electron chi connectivity index (χ2n) is 4.88. The van der Waals surface area contributed by atoms with Gasteiger partial charge in [-0.05, 0) is 44.2 Å². The molecule has 2 heterocycles. The van der Waals surface area contributed by atoms with Crippen molar-refractivity contribution in [2.75, 3.05) is 0 Å². The predicted octanol–water partition coefficient (Wildman–Crippen LogP) is 4.47. The Kier molecular flexibility index (Phi) is 3.18. The van der Waals surface area contributed by atoms with Gasteiger partial charge in [-0.25, -0.2) is 14.4 Å². The number of hydrogen-bond acceptors (Lipinski definition) is 2. The highest BCUT2D eigenvalue weighted by atomic mass is 35.5. The Morgan fingerprint density at radius 2 is 1.85 bits per heavy atom. The minimum Gasteiger partial charge on any atom is -0.321 e. The van der Waals surface area contributed by atoms with Crippen molar-refractivity contribution in [1.82, 2.24) is 14.5 Å². The summed E-state index contributed by atoms with van der Waals surface area (Å²) in [4.78, 5) is 8.64. The van der Waals surface area contributed by atoms with Crippen LogP contribution in [0.25, 0.3) is 22.4 Å². The van der Waals surface area contributed by atoms with Crippen molar-refractivity contribution >= 4 is 22.6 Å². The van der Waals surface area contributed by atoms with E-state index in [0.29, 0.717) is 10.7 Å². The van der Waals surface area contributed by atoms with Gasteiger partial charge in [0.15, 0.2) is 5.15 Å². The van der Waals surface area contributed by atoms with Gasteiger partial charge in [0.2, 0.25) is 0 Å². The number of aromatic nitrogens is 3. The van der Waals surface area contributed by atoms with Crippen LogP contribution in [0.1, 0.15) is 19.9 Å². The normalized spacial score (nSPS) is 11.4. The van der Waals surface area contributed by atoms with Gasteiger partial charge in [0.25, 0.3) is 0 Å². The highest BCUT2D eigenvalue weighted by molar-refractivity contribution is 6.33. The zero-order valence-corrected chi connectivity index (χ0v) is 11.9. The van der Waals surface area contributed by atoms with E-state index in [2.05, 4.69) is 28.4 Å². The van der Waals surface area contributed by atoms with Crippen LogP contribution < -0.4 is 0 Å². The quantitative estimate of drug-likeness (QED) is 0.652. The number of nitrogens with zero attached hydrogens (tertiary/aromatic N) is 3. The maximum absolute atomic E-state index is 13.1. The fourth-order valence-corrected chi connectivity index (χ4v) is 2.51. The van der Waals surface area contributed by atoms with Crippen LogP contribution in [0.3, 0.4) is 0 Å². The van der Waals surface area contributed by atoms with Crippen molar-refractivity contribution in [3.05, 3.63) is 47.5 Å². The van der Waals surface area contributed by atoms with Crippen LogP contribution in [0.2, 0.25) is 5.15 Å². The summed E-state index contributed by atoms with van der Waals surface area (Å²) < 4.78 is 15.2. The lowest BCUT2D eigenvalue weighted by Gasteiger charge is -2.13. The number of rotatable bonds is 2. The van der Waals surface area contributed by atoms with Gasteiger partial charge in [0, 0.05) is 17.8 Å². The molecular formula is C15H13ClFN3. The number of halogens is 2. The average molecular weight is 290 g/mol. The molecule has 0 fully saturated rings. The highest BCUT2D eigenvalue weighted by Gasteiger charge is 2.17. The summed E-state index contributed by atoms with van der Waals surface area (Å²) in [6.07, 6.45) is 1.67. The number of benzene rings is 1. The molecule has 0 atom stereocenters. The molecule has 0 bridgehead atoms. The lowest BCUT2D eigenvalue weighted by molar-refractivity contribution is 0.621. The molecule has 102 valence electrons. The Morgan fingerprint density at radius 1 is 1.15 bits per heavy atom. The highest BCUT2D eigenvalue weighted by Crippen LogP contribution is 2.30. The molecule has 3 rings (SSSR count). The third-order valence-electron chi connectivity index (χ3n) is 3.18. The molecule has 20 heavy (non-hydrogen) atoms. The third kappa shape index (κ3) is 2.06. The van der Waals surface area contributed by atoms with Crippen molar-refractivity contribution in [3.8, 4) is 11.4 Å². The number of fused-ring (bicyclic) bond motifs is 1. The molecule has 0 saturated carbocycles. The molecule has 5 heteroatoms. The van der Waals surface area contributed by atoms with E-state index in [1.807, 2.05) is 6.07 Å². The second-order valence-corrected chi connectivity index (χ2v) is 5.23. The smallest absolute Gasteiger partial charge is 0.156 e.